The zero-order chi connectivity index (χ0) is 15.1. The monoisotopic (exact) mass is 296 g/mol. The largest absolute Gasteiger partial charge is 0.490 e. The summed E-state index contributed by atoms with van der Waals surface area (Å²) in [6, 6.07) is 14.6. The van der Waals surface area contributed by atoms with E-state index in [1.165, 1.54) is 11.1 Å². The third kappa shape index (κ3) is 1.92. The highest BCUT2D eigenvalue weighted by Gasteiger charge is 2.45. The molecule has 0 N–H and O–H groups in total. The van der Waals surface area contributed by atoms with Gasteiger partial charge in [-0.25, -0.2) is 0 Å². The molecule has 3 atom stereocenters. The van der Waals surface area contributed by atoms with Crippen LogP contribution in [0.1, 0.15) is 35.8 Å². The van der Waals surface area contributed by atoms with Gasteiger partial charge in [0.15, 0.2) is 11.5 Å². The Labute approximate surface area is 130 Å². The van der Waals surface area contributed by atoms with Crippen LogP contribution in [0.25, 0.3) is 0 Å². The lowest BCUT2D eigenvalue weighted by Gasteiger charge is -2.36. The fraction of sp³-hybridized carbons (Fsp3) is 0.368. The Morgan fingerprint density at radius 1 is 1.09 bits per heavy atom. The molecule has 114 valence electrons. The summed E-state index contributed by atoms with van der Waals surface area (Å²) in [6.45, 7) is 2.62. The lowest BCUT2D eigenvalue weighted by Crippen LogP contribution is -2.28. The summed E-state index contributed by atoms with van der Waals surface area (Å²) in [5.41, 5.74) is 3.75. The number of methoxy groups -OCH3 is 1. The lowest BCUT2D eigenvalue weighted by atomic mass is 9.88. The number of ether oxygens (including phenoxy) is 3. The van der Waals surface area contributed by atoms with Gasteiger partial charge in [0.05, 0.1) is 12.7 Å². The third-order valence-electron chi connectivity index (χ3n) is 4.71. The van der Waals surface area contributed by atoms with E-state index in [0.717, 1.165) is 23.5 Å². The van der Waals surface area contributed by atoms with Crippen LogP contribution in [0.4, 0.5) is 0 Å². The van der Waals surface area contributed by atoms with Crippen molar-refractivity contribution in [3.63, 3.8) is 0 Å². The molecule has 0 saturated heterocycles. The standard InChI is InChI=1S/C19H20O3/c1-3-21-16-10-6-9-14-17(20-2)15-11-12-7-4-5-8-13(12)18(15)22-19(14)16/h4-10,15,17-18H,3,11H2,1-2H3/t15-,17+,18+/m0/s1. The minimum Gasteiger partial charge on any atom is -0.490 e. The molecule has 0 radical (unpaired) electrons. The molecule has 1 aliphatic carbocycles. The van der Waals surface area contributed by atoms with Crippen molar-refractivity contribution in [3.8, 4) is 11.5 Å². The SMILES string of the molecule is CCOc1cccc2c1O[C@@H]1c3ccccc3C[C@H]1[C@@H]2OC. The first-order valence-corrected chi connectivity index (χ1v) is 7.86. The number of benzene rings is 2. The molecule has 1 heterocycles. The van der Waals surface area contributed by atoms with Gasteiger partial charge in [-0.05, 0) is 30.5 Å². The topological polar surface area (TPSA) is 27.7 Å². The van der Waals surface area contributed by atoms with Crippen molar-refractivity contribution in [1.29, 1.82) is 0 Å². The van der Waals surface area contributed by atoms with Crippen LogP contribution in [0.2, 0.25) is 0 Å². The number of rotatable bonds is 3. The number of fused-ring (bicyclic) bond motifs is 4. The van der Waals surface area contributed by atoms with E-state index < -0.39 is 0 Å². The van der Waals surface area contributed by atoms with Crippen LogP contribution < -0.4 is 9.47 Å². The summed E-state index contributed by atoms with van der Waals surface area (Å²) < 4.78 is 18.0. The number of para-hydroxylation sites is 1. The van der Waals surface area contributed by atoms with Crippen LogP contribution in [0.15, 0.2) is 42.5 Å². The summed E-state index contributed by atoms with van der Waals surface area (Å²) >= 11 is 0. The Kier molecular flexibility index (Phi) is 3.30. The molecule has 0 saturated carbocycles. The van der Waals surface area contributed by atoms with Crippen LogP contribution in [0.5, 0.6) is 11.5 Å². The molecule has 3 nitrogen and oxygen atoms in total. The minimum atomic E-state index is 0.0431. The fourth-order valence-corrected chi connectivity index (χ4v) is 3.82. The van der Waals surface area contributed by atoms with E-state index >= 15 is 0 Å². The van der Waals surface area contributed by atoms with Gasteiger partial charge in [0.1, 0.15) is 6.10 Å². The average Bonchev–Trinajstić information content (AvgIpc) is 2.92. The average molecular weight is 296 g/mol. The molecular weight excluding hydrogens is 276 g/mol. The van der Waals surface area contributed by atoms with E-state index in [1.54, 1.807) is 7.11 Å². The van der Waals surface area contributed by atoms with Crippen molar-refractivity contribution < 1.29 is 14.2 Å². The van der Waals surface area contributed by atoms with Gasteiger partial charge in [-0.3, -0.25) is 0 Å². The van der Waals surface area contributed by atoms with Crippen LogP contribution in [0, 0.1) is 5.92 Å². The van der Waals surface area contributed by atoms with Crippen LogP contribution in [-0.4, -0.2) is 13.7 Å². The highest BCUT2D eigenvalue weighted by molar-refractivity contribution is 5.51. The first-order valence-electron chi connectivity index (χ1n) is 7.86. The normalized spacial score (nSPS) is 24.9. The predicted molar refractivity (Wildman–Crippen MR) is 84.4 cm³/mol. The van der Waals surface area contributed by atoms with Crippen molar-refractivity contribution >= 4 is 0 Å². The van der Waals surface area contributed by atoms with Gasteiger partial charge >= 0.3 is 0 Å². The molecule has 1 aliphatic heterocycles. The molecule has 0 spiro atoms. The molecular formula is C19H20O3. The summed E-state index contributed by atoms with van der Waals surface area (Å²) in [5, 5.41) is 0. The highest BCUT2D eigenvalue weighted by atomic mass is 16.5. The summed E-state index contributed by atoms with van der Waals surface area (Å²) in [6.07, 6.45) is 1.09. The Bertz CT molecular complexity index is 695. The van der Waals surface area contributed by atoms with Crippen molar-refractivity contribution in [2.45, 2.75) is 25.6 Å². The van der Waals surface area contributed by atoms with Gasteiger partial charge in [0.25, 0.3) is 0 Å². The third-order valence-corrected chi connectivity index (χ3v) is 4.71. The van der Waals surface area contributed by atoms with Gasteiger partial charge in [0.2, 0.25) is 0 Å². The number of hydrogen-bond donors (Lipinski definition) is 0. The highest BCUT2D eigenvalue weighted by Crippen LogP contribution is 2.54. The van der Waals surface area contributed by atoms with E-state index in [4.69, 9.17) is 14.2 Å². The maximum Gasteiger partial charge on any atom is 0.167 e. The molecule has 2 aromatic carbocycles. The zero-order valence-corrected chi connectivity index (χ0v) is 12.9. The van der Waals surface area contributed by atoms with E-state index in [-0.39, 0.29) is 12.2 Å². The van der Waals surface area contributed by atoms with E-state index in [2.05, 4.69) is 30.3 Å². The molecule has 0 amide bonds. The quantitative estimate of drug-likeness (QED) is 0.854. The van der Waals surface area contributed by atoms with Gasteiger partial charge in [-0.2, -0.15) is 0 Å². The summed E-state index contributed by atoms with van der Waals surface area (Å²) in [4.78, 5) is 0. The van der Waals surface area contributed by atoms with E-state index in [0.29, 0.717) is 12.5 Å². The van der Waals surface area contributed by atoms with Crippen molar-refractivity contribution in [3.05, 3.63) is 59.2 Å². The summed E-state index contributed by atoms with van der Waals surface area (Å²) in [7, 11) is 1.78. The first-order chi connectivity index (χ1) is 10.8. The summed E-state index contributed by atoms with van der Waals surface area (Å²) in [5.74, 6) is 1.98. The molecule has 0 fully saturated rings. The first kappa shape index (κ1) is 13.6. The molecule has 0 aromatic heterocycles. The molecule has 3 heteroatoms. The van der Waals surface area contributed by atoms with Gasteiger partial charge in [-0.1, -0.05) is 36.4 Å². The van der Waals surface area contributed by atoms with E-state index in [9.17, 15) is 0 Å². The molecule has 0 bridgehead atoms. The predicted octanol–water partition coefficient (Wildman–Crippen LogP) is 4.08. The lowest BCUT2D eigenvalue weighted by molar-refractivity contribution is -0.0214. The minimum absolute atomic E-state index is 0.0431. The second-order valence-corrected chi connectivity index (χ2v) is 5.87. The maximum absolute atomic E-state index is 6.39. The molecule has 22 heavy (non-hydrogen) atoms. The fourth-order valence-electron chi connectivity index (χ4n) is 3.82. The molecule has 2 aliphatic rings. The Morgan fingerprint density at radius 2 is 1.91 bits per heavy atom. The molecule has 4 rings (SSSR count). The smallest absolute Gasteiger partial charge is 0.167 e. The maximum atomic E-state index is 6.39. The van der Waals surface area contributed by atoms with Crippen LogP contribution in [-0.2, 0) is 11.2 Å². The zero-order valence-electron chi connectivity index (χ0n) is 12.9. The van der Waals surface area contributed by atoms with Gasteiger partial charge in [0, 0.05) is 18.6 Å². The van der Waals surface area contributed by atoms with Gasteiger partial charge < -0.3 is 14.2 Å². The van der Waals surface area contributed by atoms with Crippen molar-refractivity contribution in [1.82, 2.24) is 0 Å². The number of hydrogen-bond acceptors (Lipinski definition) is 3. The van der Waals surface area contributed by atoms with Crippen LogP contribution in [0.3, 0.4) is 0 Å². The molecule has 2 aromatic rings. The second-order valence-electron chi connectivity index (χ2n) is 5.87. The van der Waals surface area contributed by atoms with Crippen molar-refractivity contribution in [2.24, 2.45) is 5.92 Å². The Morgan fingerprint density at radius 3 is 2.73 bits per heavy atom. The van der Waals surface area contributed by atoms with Crippen LogP contribution >= 0.6 is 0 Å². The van der Waals surface area contributed by atoms with Crippen molar-refractivity contribution in [2.75, 3.05) is 13.7 Å². The second kappa shape index (κ2) is 5.33. The van der Waals surface area contributed by atoms with E-state index in [1.807, 2.05) is 19.1 Å². The van der Waals surface area contributed by atoms with Gasteiger partial charge in [-0.15, -0.1) is 0 Å². The Hall–Kier alpha value is -2.00. The Balaban J connectivity index is 1.82. The molecule has 0 unspecified atom stereocenters.